The Morgan fingerprint density at radius 1 is 1.23 bits per heavy atom. The van der Waals surface area contributed by atoms with Crippen molar-refractivity contribution in [3.63, 3.8) is 0 Å². The summed E-state index contributed by atoms with van der Waals surface area (Å²) in [6.07, 6.45) is 4.95. The topological polar surface area (TPSA) is 42.0 Å². The quantitative estimate of drug-likeness (QED) is 0.629. The molecule has 0 radical (unpaired) electrons. The number of aryl methyl sites for hydroxylation is 1. The van der Waals surface area contributed by atoms with E-state index in [9.17, 15) is 4.79 Å². The van der Waals surface area contributed by atoms with Crippen LogP contribution < -0.4 is 5.32 Å². The lowest BCUT2D eigenvalue weighted by Gasteiger charge is -2.03. The van der Waals surface area contributed by atoms with E-state index in [0.717, 1.165) is 17.2 Å². The Kier molecular flexibility index (Phi) is 6.71. The van der Waals surface area contributed by atoms with Crippen LogP contribution in [0.15, 0.2) is 54.7 Å². The number of amides is 1. The predicted octanol–water partition coefficient (Wildman–Crippen LogP) is 3.45. The molecule has 0 saturated carbocycles. The second-order valence-electron chi connectivity index (χ2n) is 4.92. The zero-order valence-corrected chi connectivity index (χ0v) is 13.5. The number of rotatable bonds is 7. The maximum Gasteiger partial charge on any atom is 0.244 e. The number of benzene rings is 1. The highest BCUT2D eigenvalue weighted by atomic mass is 32.2. The number of nitrogens with zero attached hydrogens (tertiary/aromatic N) is 1. The predicted molar refractivity (Wildman–Crippen MR) is 93.6 cm³/mol. The fraction of sp³-hybridized carbons (Fsp3) is 0.222. The van der Waals surface area contributed by atoms with Gasteiger partial charge in [-0.05, 0) is 30.7 Å². The number of carbonyl (C=O) groups excluding carboxylic acids is 1. The third-order valence-corrected chi connectivity index (χ3v) is 4.06. The van der Waals surface area contributed by atoms with Crippen LogP contribution >= 0.6 is 11.8 Å². The fourth-order valence-electron chi connectivity index (χ4n) is 1.82. The lowest BCUT2D eigenvalue weighted by atomic mass is 10.2. The van der Waals surface area contributed by atoms with Gasteiger partial charge in [0.25, 0.3) is 0 Å². The van der Waals surface area contributed by atoms with Gasteiger partial charge in [-0.2, -0.15) is 11.8 Å². The van der Waals surface area contributed by atoms with Crippen LogP contribution in [0.1, 0.15) is 16.8 Å². The molecule has 22 heavy (non-hydrogen) atoms. The maximum absolute atomic E-state index is 11.7. The van der Waals surface area contributed by atoms with Gasteiger partial charge in [-0.25, -0.2) is 0 Å². The summed E-state index contributed by atoms with van der Waals surface area (Å²) in [4.78, 5) is 15.8. The zero-order chi connectivity index (χ0) is 15.6. The number of thioether (sulfide) groups is 1. The first-order valence-corrected chi connectivity index (χ1v) is 8.40. The Hall–Kier alpha value is -2.07. The van der Waals surface area contributed by atoms with Crippen LogP contribution in [0.4, 0.5) is 0 Å². The number of pyridine rings is 1. The molecule has 0 aliphatic heterocycles. The molecule has 2 rings (SSSR count). The van der Waals surface area contributed by atoms with Gasteiger partial charge in [0.05, 0.1) is 5.69 Å². The van der Waals surface area contributed by atoms with Crippen molar-refractivity contribution >= 4 is 23.7 Å². The second kappa shape index (κ2) is 9.05. The molecule has 0 atom stereocenters. The van der Waals surface area contributed by atoms with E-state index in [1.54, 1.807) is 12.3 Å². The highest BCUT2D eigenvalue weighted by molar-refractivity contribution is 7.98. The van der Waals surface area contributed by atoms with E-state index in [1.165, 1.54) is 17.2 Å². The summed E-state index contributed by atoms with van der Waals surface area (Å²) < 4.78 is 0. The second-order valence-corrected chi connectivity index (χ2v) is 6.02. The highest BCUT2D eigenvalue weighted by Gasteiger charge is 1.97. The molecule has 0 aliphatic rings. The van der Waals surface area contributed by atoms with Crippen LogP contribution in [0, 0.1) is 6.92 Å². The normalized spacial score (nSPS) is 10.8. The Bertz CT molecular complexity index is 609. The largest absolute Gasteiger partial charge is 0.352 e. The summed E-state index contributed by atoms with van der Waals surface area (Å²) in [6, 6.07) is 14.2. The van der Waals surface area contributed by atoms with E-state index >= 15 is 0 Å². The monoisotopic (exact) mass is 312 g/mol. The minimum Gasteiger partial charge on any atom is -0.352 e. The van der Waals surface area contributed by atoms with E-state index in [0.29, 0.717) is 6.54 Å². The van der Waals surface area contributed by atoms with Gasteiger partial charge in [0.1, 0.15) is 0 Å². The maximum atomic E-state index is 11.7. The first-order valence-electron chi connectivity index (χ1n) is 7.24. The molecule has 1 heterocycles. The van der Waals surface area contributed by atoms with Crippen molar-refractivity contribution < 1.29 is 4.79 Å². The summed E-state index contributed by atoms with van der Waals surface area (Å²) in [5.41, 5.74) is 3.38. The molecular formula is C18H20N2OS. The minimum atomic E-state index is -0.0819. The molecule has 2 aromatic rings. The summed E-state index contributed by atoms with van der Waals surface area (Å²) in [7, 11) is 0. The van der Waals surface area contributed by atoms with Crippen molar-refractivity contribution in [2.75, 3.05) is 12.3 Å². The van der Waals surface area contributed by atoms with Gasteiger partial charge in [0.2, 0.25) is 5.91 Å². The van der Waals surface area contributed by atoms with Crippen molar-refractivity contribution in [3.8, 4) is 0 Å². The van der Waals surface area contributed by atoms with Gasteiger partial charge in [-0.3, -0.25) is 9.78 Å². The average molecular weight is 312 g/mol. The zero-order valence-electron chi connectivity index (χ0n) is 12.7. The molecule has 0 fully saturated rings. The molecule has 0 spiro atoms. The third kappa shape index (κ3) is 6.14. The number of carbonyl (C=O) groups is 1. The molecule has 0 unspecified atom stereocenters. The van der Waals surface area contributed by atoms with Crippen molar-refractivity contribution in [2.45, 2.75) is 12.7 Å². The van der Waals surface area contributed by atoms with Crippen molar-refractivity contribution in [2.24, 2.45) is 0 Å². The summed E-state index contributed by atoms with van der Waals surface area (Å²) >= 11 is 1.82. The molecule has 3 nitrogen and oxygen atoms in total. The Morgan fingerprint density at radius 2 is 2.05 bits per heavy atom. The third-order valence-electron chi connectivity index (χ3n) is 3.03. The number of hydrogen-bond acceptors (Lipinski definition) is 3. The standard InChI is InChI=1S/C18H20N2OS/c1-15-5-7-16(8-6-15)14-22-13-12-20-18(21)10-9-17-4-2-3-11-19-17/h2-11H,12-14H2,1H3,(H,20,21). The molecule has 114 valence electrons. The summed E-state index contributed by atoms with van der Waals surface area (Å²) in [5, 5.41) is 2.87. The number of nitrogens with one attached hydrogen (secondary N) is 1. The van der Waals surface area contributed by atoms with Gasteiger partial charge in [-0.15, -0.1) is 0 Å². The van der Waals surface area contributed by atoms with Crippen LogP contribution in [0.5, 0.6) is 0 Å². The van der Waals surface area contributed by atoms with Crippen LogP contribution in [0.3, 0.4) is 0 Å². The van der Waals surface area contributed by atoms with Crippen LogP contribution in [-0.4, -0.2) is 23.2 Å². The Balaban J connectivity index is 1.61. The Morgan fingerprint density at radius 3 is 2.77 bits per heavy atom. The van der Waals surface area contributed by atoms with Gasteiger partial charge >= 0.3 is 0 Å². The van der Waals surface area contributed by atoms with Crippen molar-refractivity contribution in [3.05, 3.63) is 71.6 Å². The molecule has 1 aromatic heterocycles. The minimum absolute atomic E-state index is 0.0819. The van der Waals surface area contributed by atoms with Crippen molar-refractivity contribution in [1.82, 2.24) is 10.3 Å². The fourth-order valence-corrected chi connectivity index (χ4v) is 2.63. The molecule has 0 bridgehead atoms. The van der Waals surface area contributed by atoms with E-state index in [2.05, 4.69) is 41.5 Å². The molecular weight excluding hydrogens is 292 g/mol. The van der Waals surface area contributed by atoms with Crippen LogP contribution in [-0.2, 0) is 10.5 Å². The van der Waals surface area contributed by atoms with E-state index in [-0.39, 0.29) is 5.91 Å². The number of hydrogen-bond donors (Lipinski definition) is 1. The number of aromatic nitrogens is 1. The lowest BCUT2D eigenvalue weighted by molar-refractivity contribution is -0.116. The molecule has 1 N–H and O–H groups in total. The van der Waals surface area contributed by atoms with E-state index < -0.39 is 0 Å². The van der Waals surface area contributed by atoms with Crippen molar-refractivity contribution in [1.29, 1.82) is 0 Å². The first kappa shape index (κ1) is 16.3. The lowest BCUT2D eigenvalue weighted by Crippen LogP contribution is -2.23. The summed E-state index contributed by atoms with van der Waals surface area (Å²) in [5.74, 6) is 1.79. The van der Waals surface area contributed by atoms with Gasteiger partial charge in [0, 0.05) is 30.3 Å². The molecule has 1 amide bonds. The Labute approximate surface area is 135 Å². The SMILES string of the molecule is Cc1ccc(CSCCNC(=O)C=Cc2ccccn2)cc1. The molecule has 0 aliphatic carbocycles. The molecule has 4 heteroatoms. The molecule has 1 aromatic carbocycles. The highest BCUT2D eigenvalue weighted by Crippen LogP contribution is 2.12. The van der Waals surface area contributed by atoms with Gasteiger partial charge in [0.15, 0.2) is 0 Å². The smallest absolute Gasteiger partial charge is 0.244 e. The van der Waals surface area contributed by atoms with Crippen LogP contribution in [0.2, 0.25) is 0 Å². The van der Waals surface area contributed by atoms with Gasteiger partial charge < -0.3 is 5.32 Å². The molecule has 0 saturated heterocycles. The van der Waals surface area contributed by atoms with E-state index in [4.69, 9.17) is 0 Å². The average Bonchev–Trinajstić information content (AvgIpc) is 2.55. The van der Waals surface area contributed by atoms with Crippen LogP contribution in [0.25, 0.3) is 6.08 Å². The van der Waals surface area contributed by atoms with E-state index in [1.807, 2.05) is 30.0 Å². The van der Waals surface area contributed by atoms with Gasteiger partial charge in [-0.1, -0.05) is 35.9 Å². The first-order chi connectivity index (χ1) is 10.7. The summed E-state index contributed by atoms with van der Waals surface area (Å²) in [6.45, 7) is 2.76.